The second-order valence-corrected chi connectivity index (χ2v) is 8.93. The number of hydrogen-bond donors (Lipinski definition) is 0. The van der Waals surface area contributed by atoms with Crippen LogP contribution in [-0.2, 0) is 17.8 Å². The second-order valence-electron chi connectivity index (χ2n) is 8.93. The van der Waals surface area contributed by atoms with E-state index in [2.05, 4.69) is 4.98 Å². The minimum absolute atomic E-state index is 0.105. The summed E-state index contributed by atoms with van der Waals surface area (Å²) in [5.74, 6) is 0.0434. The van der Waals surface area contributed by atoms with E-state index in [0.717, 1.165) is 42.8 Å². The third-order valence-electron chi connectivity index (χ3n) is 6.42. The average Bonchev–Trinajstić information content (AvgIpc) is 3.00. The molecule has 0 spiro atoms. The van der Waals surface area contributed by atoms with Gasteiger partial charge in [0.25, 0.3) is 17.7 Å². The predicted molar refractivity (Wildman–Crippen MR) is 149 cm³/mol. The maximum absolute atomic E-state index is 13.9. The molecule has 3 aromatic carbocycles. The van der Waals surface area contributed by atoms with Crippen LogP contribution in [0.5, 0.6) is 11.5 Å². The molecule has 0 amide bonds. The van der Waals surface area contributed by atoms with E-state index in [1.165, 1.54) is 14.2 Å². The van der Waals surface area contributed by atoms with Crippen molar-refractivity contribution < 1.29 is 32.7 Å². The molecule has 0 saturated heterocycles. The van der Waals surface area contributed by atoms with Gasteiger partial charge in [0, 0.05) is 24.7 Å². The first-order valence-corrected chi connectivity index (χ1v) is 12.4. The molecule has 0 aliphatic carbocycles. The van der Waals surface area contributed by atoms with Crippen molar-refractivity contribution in [3.63, 3.8) is 0 Å². The number of alkyl halides is 2. The van der Waals surface area contributed by atoms with Gasteiger partial charge in [-0.3, -0.25) is 19.5 Å². The summed E-state index contributed by atoms with van der Waals surface area (Å²) >= 11 is 0. The molecule has 0 saturated carbocycles. The maximum atomic E-state index is 13.9. The smallest absolute Gasteiger partial charge is 0.347 e. The molecule has 11 nitrogen and oxygen atoms in total. The lowest BCUT2D eigenvalue weighted by atomic mass is 10.1. The molecule has 0 aliphatic heterocycles. The van der Waals surface area contributed by atoms with Crippen LogP contribution in [0.3, 0.4) is 0 Å². The molecule has 4 rings (SSSR count). The Balaban J connectivity index is 1.92. The van der Waals surface area contributed by atoms with E-state index >= 15 is 0 Å². The summed E-state index contributed by atoms with van der Waals surface area (Å²) < 4.78 is 43.8. The number of ether oxygens (including phenoxy) is 3. The number of halogens is 2. The van der Waals surface area contributed by atoms with E-state index < -0.39 is 45.4 Å². The zero-order valence-corrected chi connectivity index (χ0v) is 22.8. The largest absolute Gasteiger partial charge is 0.497 e. The Hall–Kier alpha value is -5.33. The van der Waals surface area contributed by atoms with Crippen LogP contribution in [0.25, 0.3) is 5.69 Å². The van der Waals surface area contributed by atoms with E-state index in [0.29, 0.717) is 16.1 Å². The van der Waals surface area contributed by atoms with E-state index in [4.69, 9.17) is 14.2 Å². The van der Waals surface area contributed by atoms with E-state index in [9.17, 15) is 28.5 Å². The number of esters is 1. The van der Waals surface area contributed by atoms with Gasteiger partial charge in [-0.25, -0.2) is 18.6 Å². The van der Waals surface area contributed by atoms with Gasteiger partial charge >= 0.3 is 5.97 Å². The van der Waals surface area contributed by atoms with Crippen molar-refractivity contribution >= 4 is 17.5 Å². The first kappa shape index (κ1) is 29.6. The molecular weight excluding hydrogens is 554 g/mol. The maximum Gasteiger partial charge on any atom is 0.347 e. The van der Waals surface area contributed by atoms with Crippen LogP contribution >= 0.6 is 0 Å². The zero-order valence-electron chi connectivity index (χ0n) is 22.8. The molecule has 218 valence electrons. The SMILES string of the molecule is COC(=O)c1c(N(Cc2ccc(OC)cc2)Cc2ccc(OC)cc2)ncn(-c2c(C(F)F)cccc2[N+](=O)[O-])c1=O. The van der Waals surface area contributed by atoms with Crippen LogP contribution in [0.4, 0.5) is 20.3 Å². The van der Waals surface area contributed by atoms with Crippen molar-refractivity contribution in [1.82, 2.24) is 9.55 Å². The summed E-state index contributed by atoms with van der Waals surface area (Å²) in [5, 5.41) is 11.7. The molecule has 13 heteroatoms. The molecule has 1 aromatic heterocycles. The van der Waals surface area contributed by atoms with Crippen molar-refractivity contribution in [3.8, 4) is 17.2 Å². The van der Waals surface area contributed by atoms with Gasteiger partial charge in [-0.15, -0.1) is 0 Å². The van der Waals surface area contributed by atoms with Gasteiger partial charge in [-0.05, 0) is 35.4 Å². The van der Waals surface area contributed by atoms with Crippen molar-refractivity contribution in [2.75, 3.05) is 26.2 Å². The fourth-order valence-electron chi connectivity index (χ4n) is 4.37. The van der Waals surface area contributed by atoms with Gasteiger partial charge in [0.1, 0.15) is 23.5 Å². The molecule has 1 heterocycles. The van der Waals surface area contributed by atoms with Crippen molar-refractivity contribution in [2.45, 2.75) is 19.5 Å². The molecule has 42 heavy (non-hydrogen) atoms. The van der Waals surface area contributed by atoms with Gasteiger partial charge < -0.3 is 19.1 Å². The topological polar surface area (TPSA) is 126 Å². The molecule has 0 aliphatic rings. The molecular formula is C29H26F2N4O7. The number of carbonyl (C=O) groups is 1. The number of aromatic nitrogens is 2. The quantitative estimate of drug-likeness (QED) is 0.135. The molecule has 0 bridgehead atoms. The number of benzene rings is 3. The van der Waals surface area contributed by atoms with Crippen LogP contribution in [0, 0.1) is 10.1 Å². The minimum atomic E-state index is -3.16. The summed E-state index contributed by atoms with van der Waals surface area (Å²) in [6.45, 7) is 0.314. The highest BCUT2D eigenvalue weighted by Crippen LogP contribution is 2.33. The first-order valence-electron chi connectivity index (χ1n) is 12.4. The Kier molecular flexibility index (Phi) is 9.10. The summed E-state index contributed by atoms with van der Waals surface area (Å²) in [6, 6.07) is 17.2. The number of nitrogens with zero attached hydrogens (tertiary/aromatic N) is 4. The van der Waals surface area contributed by atoms with Gasteiger partial charge in [0.05, 0.1) is 26.3 Å². The molecule has 0 radical (unpaired) electrons. The Labute approximate surface area is 238 Å². The Morgan fingerprint density at radius 2 is 1.50 bits per heavy atom. The number of methoxy groups -OCH3 is 3. The van der Waals surface area contributed by atoms with Gasteiger partial charge in [0.2, 0.25) is 0 Å². The number of carbonyl (C=O) groups excluding carboxylic acids is 1. The third kappa shape index (κ3) is 6.19. The van der Waals surface area contributed by atoms with Crippen molar-refractivity contribution in [1.29, 1.82) is 0 Å². The van der Waals surface area contributed by atoms with Crippen LogP contribution in [0.1, 0.15) is 33.5 Å². The fraction of sp³-hybridized carbons (Fsp3) is 0.207. The summed E-state index contributed by atoms with van der Waals surface area (Å²) in [7, 11) is 4.11. The fourth-order valence-corrected chi connectivity index (χ4v) is 4.37. The lowest BCUT2D eigenvalue weighted by Gasteiger charge is -2.26. The van der Waals surface area contributed by atoms with Gasteiger partial charge in [-0.2, -0.15) is 0 Å². The molecule has 0 fully saturated rings. The monoisotopic (exact) mass is 580 g/mol. The molecule has 4 aromatic rings. The predicted octanol–water partition coefficient (Wildman–Crippen LogP) is 5.09. The lowest BCUT2D eigenvalue weighted by Crippen LogP contribution is -2.34. The van der Waals surface area contributed by atoms with Gasteiger partial charge in [-0.1, -0.05) is 36.4 Å². The normalized spacial score (nSPS) is 10.8. The standard InChI is InChI=1S/C29H26F2N4O7/c1-40-20-11-7-18(8-12-20)15-33(16-19-9-13-21(41-2)14-10-19)27-24(29(37)42-3)28(36)34(17-32-27)25-22(26(30)31)5-4-6-23(25)35(38)39/h4-14,17,26H,15-16H2,1-3H3. The van der Waals surface area contributed by atoms with Crippen LogP contribution in [-0.4, -0.2) is 41.8 Å². The van der Waals surface area contributed by atoms with Crippen LogP contribution < -0.4 is 19.9 Å². The molecule has 0 unspecified atom stereocenters. The zero-order chi connectivity index (χ0) is 30.4. The Bertz CT molecular complexity index is 1590. The Morgan fingerprint density at radius 3 is 1.95 bits per heavy atom. The summed E-state index contributed by atoms with van der Waals surface area (Å²) in [6.07, 6.45) is -2.26. The van der Waals surface area contributed by atoms with Crippen LogP contribution in [0.15, 0.2) is 77.9 Å². The van der Waals surface area contributed by atoms with Crippen molar-refractivity contribution in [2.24, 2.45) is 0 Å². The van der Waals surface area contributed by atoms with Gasteiger partial charge in [0.15, 0.2) is 11.4 Å². The third-order valence-corrected chi connectivity index (χ3v) is 6.42. The van der Waals surface area contributed by atoms with E-state index in [-0.39, 0.29) is 18.9 Å². The van der Waals surface area contributed by atoms with Crippen LogP contribution in [0.2, 0.25) is 0 Å². The minimum Gasteiger partial charge on any atom is -0.497 e. The number of hydrogen-bond acceptors (Lipinski definition) is 9. The summed E-state index contributed by atoms with van der Waals surface area (Å²) in [4.78, 5) is 43.6. The number of rotatable bonds is 11. The average molecular weight is 581 g/mol. The highest BCUT2D eigenvalue weighted by Gasteiger charge is 2.30. The Morgan fingerprint density at radius 1 is 0.952 bits per heavy atom. The molecule has 0 atom stereocenters. The number of nitro groups is 1. The second kappa shape index (κ2) is 12.9. The summed E-state index contributed by atoms with van der Waals surface area (Å²) in [5.41, 5.74) is -2.38. The number of nitro benzene ring substituents is 1. The molecule has 0 N–H and O–H groups in total. The highest BCUT2D eigenvalue weighted by atomic mass is 19.3. The van der Waals surface area contributed by atoms with Crippen molar-refractivity contribution in [3.05, 3.63) is 116 Å². The highest BCUT2D eigenvalue weighted by molar-refractivity contribution is 5.94. The number of anilines is 1. The van der Waals surface area contributed by atoms with E-state index in [1.807, 2.05) is 0 Å². The number of para-hydroxylation sites is 1. The lowest BCUT2D eigenvalue weighted by molar-refractivity contribution is -0.384. The van der Waals surface area contributed by atoms with E-state index in [1.54, 1.807) is 53.4 Å². The first-order chi connectivity index (χ1) is 20.2.